The molecule has 2 aliphatic rings. The van der Waals surface area contributed by atoms with Crippen LogP contribution in [0, 0.1) is 5.41 Å². The van der Waals surface area contributed by atoms with E-state index in [1.807, 2.05) is 6.07 Å². The lowest BCUT2D eigenvalue weighted by Gasteiger charge is -2.33. The molecule has 152 valence electrons. The van der Waals surface area contributed by atoms with Crippen LogP contribution < -0.4 is 10.0 Å². The van der Waals surface area contributed by atoms with Crippen molar-refractivity contribution >= 4 is 25.9 Å². The van der Waals surface area contributed by atoms with Crippen molar-refractivity contribution in [2.75, 3.05) is 37.3 Å². The third-order valence-electron chi connectivity index (χ3n) is 5.75. The number of sulfonamides is 2. The van der Waals surface area contributed by atoms with Gasteiger partial charge >= 0.3 is 0 Å². The zero-order chi connectivity index (χ0) is 19.7. The number of hydrogen-bond acceptors (Lipinski definition) is 6. The fraction of sp³-hybridized carbons (Fsp3) is 0.706. The largest absolute Gasteiger partial charge is 0.356 e. The van der Waals surface area contributed by atoms with E-state index in [1.165, 1.54) is 45.2 Å². The molecule has 0 aromatic carbocycles. The Labute approximate surface area is 161 Å². The molecule has 1 aromatic heterocycles. The zero-order valence-corrected chi connectivity index (χ0v) is 17.3. The number of aromatic nitrogens is 1. The molecule has 1 aliphatic heterocycles. The molecule has 1 saturated carbocycles. The van der Waals surface area contributed by atoms with E-state index in [1.54, 1.807) is 6.07 Å². The molecule has 3 rings (SSSR count). The van der Waals surface area contributed by atoms with Gasteiger partial charge < -0.3 is 4.90 Å². The van der Waals surface area contributed by atoms with Crippen molar-refractivity contribution < 1.29 is 16.8 Å². The number of hydrogen-bond donors (Lipinski definition) is 1. The van der Waals surface area contributed by atoms with Gasteiger partial charge in [-0.2, -0.15) is 4.31 Å². The Hall–Kier alpha value is -1.23. The quantitative estimate of drug-likeness (QED) is 0.744. The molecule has 2 heterocycles. The van der Waals surface area contributed by atoms with Gasteiger partial charge in [-0.05, 0) is 36.8 Å². The highest BCUT2D eigenvalue weighted by Gasteiger charge is 2.39. The smallest absolute Gasteiger partial charge is 0.260 e. The van der Waals surface area contributed by atoms with Gasteiger partial charge in [0.1, 0.15) is 5.82 Å². The Balaban J connectivity index is 1.75. The van der Waals surface area contributed by atoms with E-state index >= 15 is 0 Å². The van der Waals surface area contributed by atoms with E-state index < -0.39 is 25.8 Å². The summed E-state index contributed by atoms with van der Waals surface area (Å²) in [7, 11) is -6.27. The Morgan fingerprint density at radius 2 is 1.85 bits per heavy atom. The van der Waals surface area contributed by atoms with Gasteiger partial charge in [0.05, 0.1) is 5.75 Å². The molecule has 0 atom stereocenters. The van der Waals surface area contributed by atoms with E-state index in [0.717, 1.165) is 23.8 Å². The minimum Gasteiger partial charge on any atom is -0.356 e. The highest BCUT2D eigenvalue weighted by molar-refractivity contribution is 7.90. The first-order valence-electron chi connectivity index (χ1n) is 9.30. The van der Waals surface area contributed by atoms with Gasteiger partial charge in [0.25, 0.3) is 10.0 Å². The van der Waals surface area contributed by atoms with Crippen LogP contribution in [0.15, 0.2) is 23.2 Å². The monoisotopic (exact) mass is 416 g/mol. The lowest BCUT2D eigenvalue weighted by atomic mass is 9.73. The van der Waals surface area contributed by atoms with Crippen LogP contribution in [0.4, 0.5) is 5.82 Å². The molecule has 1 saturated heterocycles. The SMILES string of the molecule is CN(CCS(N)(=O)=O)S(=O)(=O)c1cccc(N2CCC3(CCCCC3)C2)n1. The number of nitrogens with zero attached hydrogens (tertiary/aromatic N) is 3. The summed E-state index contributed by atoms with van der Waals surface area (Å²) in [5, 5.41) is 4.90. The van der Waals surface area contributed by atoms with E-state index in [-0.39, 0.29) is 11.6 Å². The molecule has 0 bridgehead atoms. The van der Waals surface area contributed by atoms with Crippen molar-refractivity contribution in [1.82, 2.24) is 9.29 Å². The van der Waals surface area contributed by atoms with Crippen molar-refractivity contribution in [3.63, 3.8) is 0 Å². The second-order valence-corrected chi connectivity index (χ2v) is 11.5. The van der Waals surface area contributed by atoms with Crippen LogP contribution in [0.25, 0.3) is 0 Å². The predicted octanol–water partition coefficient (Wildman–Crippen LogP) is 1.15. The molecule has 2 N–H and O–H groups in total. The molecule has 2 fully saturated rings. The number of rotatable bonds is 6. The van der Waals surface area contributed by atoms with E-state index in [9.17, 15) is 16.8 Å². The van der Waals surface area contributed by atoms with Crippen LogP contribution in [0.3, 0.4) is 0 Å². The van der Waals surface area contributed by atoms with Gasteiger partial charge in [0.2, 0.25) is 10.0 Å². The molecule has 8 nitrogen and oxygen atoms in total. The number of primary sulfonamides is 1. The molecule has 27 heavy (non-hydrogen) atoms. The average Bonchev–Trinajstić information content (AvgIpc) is 3.03. The van der Waals surface area contributed by atoms with Gasteiger partial charge in [-0.1, -0.05) is 25.3 Å². The van der Waals surface area contributed by atoms with Gasteiger partial charge in [-0.3, -0.25) is 0 Å². The maximum absolute atomic E-state index is 12.7. The summed E-state index contributed by atoms with van der Waals surface area (Å²) in [6.45, 7) is 1.60. The Morgan fingerprint density at radius 1 is 1.15 bits per heavy atom. The molecule has 1 spiro atoms. The van der Waals surface area contributed by atoms with E-state index in [4.69, 9.17) is 5.14 Å². The topological polar surface area (TPSA) is 114 Å². The van der Waals surface area contributed by atoms with Gasteiger partial charge in [0, 0.05) is 26.7 Å². The van der Waals surface area contributed by atoms with Crippen LogP contribution in [0.5, 0.6) is 0 Å². The molecule has 0 amide bonds. The van der Waals surface area contributed by atoms with Crippen LogP contribution in [-0.2, 0) is 20.0 Å². The van der Waals surface area contributed by atoms with Gasteiger partial charge in [0.15, 0.2) is 5.03 Å². The van der Waals surface area contributed by atoms with Crippen molar-refractivity contribution in [2.45, 2.75) is 43.6 Å². The average molecular weight is 417 g/mol. The maximum atomic E-state index is 12.7. The highest BCUT2D eigenvalue weighted by atomic mass is 32.2. The minimum absolute atomic E-state index is 0.0680. The molecule has 1 aliphatic carbocycles. The summed E-state index contributed by atoms with van der Waals surface area (Å²) in [5.41, 5.74) is 0.348. The summed E-state index contributed by atoms with van der Waals surface area (Å²) in [5.74, 6) is 0.232. The number of anilines is 1. The lowest BCUT2D eigenvalue weighted by molar-refractivity contribution is 0.219. The first-order chi connectivity index (χ1) is 12.6. The zero-order valence-electron chi connectivity index (χ0n) is 15.7. The molecule has 10 heteroatoms. The van der Waals surface area contributed by atoms with Crippen molar-refractivity contribution in [2.24, 2.45) is 10.6 Å². The fourth-order valence-corrected chi connectivity index (χ4v) is 5.85. The first kappa shape index (κ1) is 20.5. The van der Waals surface area contributed by atoms with Crippen LogP contribution in [-0.4, -0.2) is 58.6 Å². The third kappa shape index (κ3) is 4.79. The summed E-state index contributed by atoms with van der Waals surface area (Å²) in [4.78, 5) is 6.56. The standard InChI is InChI=1S/C17H28N4O4S2/c1-20(12-13-26(18,22)23)27(24,25)16-7-5-6-15(19-16)21-11-10-17(14-21)8-3-2-4-9-17/h5-7H,2-4,8-14H2,1H3,(H2,18,22,23). The normalized spacial score (nSPS) is 20.5. The van der Waals surface area contributed by atoms with Crippen molar-refractivity contribution in [3.05, 3.63) is 18.2 Å². The number of pyridine rings is 1. The second kappa shape index (κ2) is 7.65. The molecular formula is C17H28N4O4S2. The molecule has 1 aromatic rings. The third-order valence-corrected chi connectivity index (χ3v) is 8.26. The summed E-state index contributed by atoms with van der Waals surface area (Å²) >= 11 is 0. The summed E-state index contributed by atoms with van der Waals surface area (Å²) in [6.07, 6.45) is 7.43. The highest BCUT2D eigenvalue weighted by Crippen LogP contribution is 2.44. The second-order valence-electron chi connectivity index (χ2n) is 7.76. The van der Waals surface area contributed by atoms with Gasteiger partial charge in [-0.15, -0.1) is 0 Å². The van der Waals surface area contributed by atoms with Gasteiger partial charge in [-0.25, -0.2) is 27.0 Å². The maximum Gasteiger partial charge on any atom is 0.260 e. The molecule has 0 radical (unpaired) electrons. The Morgan fingerprint density at radius 3 is 2.52 bits per heavy atom. The van der Waals surface area contributed by atoms with Crippen LogP contribution in [0.1, 0.15) is 38.5 Å². The van der Waals surface area contributed by atoms with Crippen LogP contribution >= 0.6 is 0 Å². The summed E-state index contributed by atoms with van der Waals surface area (Å²) in [6, 6.07) is 4.97. The molecule has 0 unspecified atom stereocenters. The van der Waals surface area contributed by atoms with E-state index in [2.05, 4.69) is 9.88 Å². The Kier molecular flexibility index (Phi) is 5.81. The molecular weight excluding hydrogens is 388 g/mol. The Bertz CT molecular complexity index is 880. The fourth-order valence-electron chi connectivity index (χ4n) is 4.10. The summed E-state index contributed by atoms with van der Waals surface area (Å²) < 4.78 is 48.6. The predicted molar refractivity (Wildman–Crippen MR) is 104 cm³/mol. The van der Waals surface area contributed by atoms with Crippen molar-refractivity contribution in [1.29, 1.82) is 0 Å². The minimum atomic E-state index is -3.87. The van der Waals surface area contributed by atoms with E-state index in [0.29, 0.717) is 11.2 Å². The lowest BCUT2D eigenvalue weighted by Crippen LogP contribution is -2.34. The first-order valence-corrected chi connectivity index (χ1v) is 12.5. The number of nitrogens with two attached hydrogens (primary N) is 1. The van der Waals surface area contributed by atoms with Crippen molar-refractivity contribution in [3.8, 4) is 0 Å². The van der Waals surface area contributed by atoms with Crippen LogP contribution in [0.2, 0.25) is 0 Å².